The van der Waals surface area contributed by atoms with Crippen molar-refractivity contribution >= 4 is 10.0 Å². The molecule has 0 aromatic carbocycles. The van der Waals surface area contributed by atoms with E-state index in [4.69, 9.17) is 5.73 Å². The molecule has 0 atom stereocenters. The van der Waals surface area contributed by atoms with Gasteiger partial charge in [-0.1, -0.05) is 6.92 Å². The van der Waals surface area contributed by atoms with Gasteiger partial charge in [0.2, 0.25) is 10.0 Å². The van der Waals surface area contributed by atoms with E-state index in [2.05, 4.69) is 0 Å². The second-order valence-corrected chi connectivity index (χ2v) is 7.59. The van der Waals surface area contributed by atoms with Crippen LogP contribution in [-0.2, 0) is 10.0 Å². The first kappa shape index (κ1) is 13.3. The molecule has 0 bridgehead atoms. The van der Waals surface area contributed by atoms with Crippen molar-refractivity contribution in [1.82, 2.24) is 4.31 Å². The highest BCUT2D eigenvalue weighted by molar-refractivity contribution is 7.90. The lowest BCUT2D eigenvalue weighted by Gasteiger charge is -2.35. The van der Waals surface area contributed by atoms with E-state index in [9.17, 15) is 8.42 Å². The van der Waals surface area contributed by atoms with Crippen LogP contribution in [0.4, 0.5) is 0 Å². The molecule has 0 saturated heterocycles. The minimum Gasteiger partial charge on any atom is -0.328 e. The molecule has 17 heavy (non-hydrogen) atoms. The summed E-state index contributed by atoms with van der Waals surface area (Å²) in [6, 6.07) is 0.485. The summed E-state index contributed by atoms with van der Waals surface area (Å²) in [7, 11) is -3.01. The molecule has 0 amide bonds. The summed E-state index contributed by atoms with van der Waals surface area (Å²) >= 11 is 0. The molecule has 0 aromatic heterocycles. The third kappa shape index (κ3) is 3.01. The van der Waals surface area contributed by atoms with E-state index < -0.39 is 10.0 Å². The van der Waals surface area contributed by atoms with Gasteiger partial charge in [0.05, 0.1) is 5.25 Å². The molecule has 2 aliphatic carbocycles. The molecule has 0 spiro atoms. The average molecular weight is 260 g/mol. The Hall–Kier alpha value is -0.130. The van der Waals surface area contributed by atoms with Gasteiger partial charge >= 0.3 is 0 Å². The van der Waals surface area contributed by atoms with Gasteiger partial charge in [0.15, 0.2) is 0 Å². The van der Waals surface area contributed by atoms with Crippen molar-refractivity contribution in [3.05, 3.63) is 0 Å². The Morgan fingerprint density at radius 3 is 2.18 bits per heavy atom. The second-order valence-electron chi connectivity index (χ2n) is 5.42. The Balaban J connectivity index is 2.06. The smallest absolute Gasteiger partial charge is 0.217 e. The third-order valence-corrected chi connectivity index (χ3v) is 6.31. The Labute approximate surface area is 105 Å². The summed E-state index contributed by atoms with van der Waals surface area (Å²) in [6.07, 6.45) is 6.41. The fraction of sp³-hybridized carbons (Fsp3) is 1.00. The minimum atomic E-state index is -3.01. The van der Waals surface area contributed by atoms with E-state index >= 15 is 0 Å². The quantitative estimate of drug-likeness (QED) is 0.814. The van der Waals surface area contributed by atoms with Gasteiger partial charge in [0.1, 0.15) is 0 Å². The predicted molar refractivity (Wildman–Crippen MR) is 69.2 cm³/mol. The molecule has 0 aliphatic heterocycles. The van der Waals surface area contributed by atoms with Crippen molar-refractivity contribution in [2.45, 2.75) is 69.2 Å². The van der Waals surface area contributed by atoms with Gasteiger partial charge in [-0.2, -0.15) is 4.31 Å². The zero-order chi connectivity index (χ0) is 12.5. The fourth-order valence-corrected chi connectivity index (χ4v) is 4.86. The Bertz CT molecular complexity index is 344. The normalized spacial score (nSPS) is 30.8. The van der Waals surface area contributed by atoms with Crippen LogP contribution in [0.2, 0.25) is 0 Å². The lowest BCUT2D eigenvalue weighted by atomic mass is 9.92. The van der Waals surface area contributed by atoms with Crippen LogP contribution in [0.15, 0.2) is 0 Å². The largest absolute Gasteiger partial charge is 0.328 e. The number of nitrogens with two attached hydrogens (primary N) is 1. The van der Waals surface area contributed by atoms with Crippen molar-refractivity contribution in [1.29, 1.82) is 0 Å². The first-order valence-corrected chi connectivity index (χ1v) is 8.32. The van der Waals surface area contributed by atoms with Gasteiger partial charge in [0.25, 0.3) is 0 Å². The standard InChI is InChI=1S/C12H24N2O2S/c1-2-9-14(17(15,16)12-7-8-12)11-5-3-10(13)4-6-11/h10-12H,2-9,13H2,1H3. The molecule has 2 fully saturated rings. The van der Waals surface area contributed by atoms with E-state index in [1.54, 1.807) is 4.31 Å². The maximum atomic E-state index is 12.4. The minimum absolute atomic E-state index is 0.0790. The number of nitrogens with zero attached hydrogens (tertiary/aromatic N) is 1. The Morgan fingerprint density at radius 1 is 1.12 bits per heavy atom. The van der Waals surface area contributed by atoms with E-state index in [-0.39, 0.29) is 17.3 Å². The zero-order valence-electron chi connectivity index (χ0n) is 10.6. The summed E-state index contributed by atoms with van der Waals surface area (Å²) in [5.74, 6) is 0. The van der Waals surface area contributed by atoms with E-state index in [0.717, 1.165) is 44.9 Å². The highest BCUT2D eigenvalue weighted by Gasteiger charge is 2.42. The van der Waals surface area contributed by atoms with Crippen molar-refractivity contribution in [3.63, 3.8) is 0 Å². The maximum absolute atomic E-state index is 12.4. The van der Waals surface area contributed by atoms with Crippen LogP contribution in [0.25, 0.3) is 0 Å². The maximum Gasteiger partial charge on any atom is 0.217 e. The van der Waals surface area contributed by atoms with Crippen LogP contribution in [0.3, 0.4) is 0 Å². The molecule has 2 N–H and O–H groups in total. The van der Waals surface area contributed by atoms with Crippen LogP contribution < -0.4 is 5.73 Å². The van der Waals surface area contributed by atoms with E-state index in [0.29, 0.717) is 6.54 Å². The Morgan fingerprint density at radius 2 is 1.71 bits per heavy atom. The SMILES string of the molecule is CCCN(C1CCC(N)CC1)S(=O)(=O)C1CC1. The van der Waals surface area contributed by atoms with Crippen molar-refractivity contribution in [2.24, 2.45) is 5.73 Å². The number of hydrogen-bond acceptors (Lipinski definition) is 3. The van der Waals surface area contributed by atoms with Gasteiger partial charge in [-0.05, 0) is 44.9 Å². The Kier molecular flexibility index (Phi) is 4.10. The summed E-state index contributed by atoms with van der Waals surface area (Å²) in [5, 5.41) is -0.0790. The summed E-state index contributed by atoms with van der Waals surface area (Å²) < 4.78 is 26.5. The van der Waals surface area contributed by atoms with Crippen LogP contribution in [-0.4, -0.2) is 36.6 Å². The van der Waals surface area contributed by atoms with Crippen LogP contribution in [0.1, 0.15) is 51.9 Å². The summed E-state index contributed by atoms with van der Waals surface area (Å²) in [5.41, 5.74) is 5.88. The second kappa shape index (κ2) is 5.24. The van der Waals surface area contributed by atoms with Crippen molar-refractivity contribution in [3.8, 4) is 0 Å². The average Bonchev–Trinajstić information content (AvgIpc) is 3.11. The van der Waals surface area contributed by atoms with E-state index in [1.807, 2.05) is 6.92 Å². The number of hydrogen-bond donors (Lipinski definition) is 1. The molecule has 0 radical (unpaired) electrons. The molecular formula is C12H24N2O2S. The van der Waals surface area contributed by atoms with Crippen LogP contribution >= 0.6 is 0 Å². The van der Waals surface area contributed by atoms with Gasteiger partial charge in [0, 0.05) is 18.6 Å². The summed E-state index contributed by atoms with van der Waals surface area (Å²) in [6.45, 7) is 2.72. The van der Waals surface area contributed by atoms with Crippen LogP contribution in [0.5, 0.6) is 0 Å². The fourth-order valence-electron chi connectivity index (χ4n) is 2.68. The molecule has 100 valence electrons. The molecule has 2 aliphatic rings. The van der Waals surface area contributed by atoms with Crippen LogP contribution in [0, 0.1) is 0 Å². The van der Waals surface area contributed by atoms with Gasteiger partial charge in [-0.15, -0.1) is 0 Å². The first-order chi connectivity index (χ1) is 8.05. The summed E-state index contributed by atoms with van der Waals surface area (Å²) in [4.78, 5) is 0. The van der Waals surface area contributed by atoms with Gasteiger partial charge in [-0.25, -0.2) is 8.42 Å². The lowest BCUT2D eigenvalue weighted by molar-refractivity contribution is 0.240. The number of rotatable bonds is 5. The molecule has 2 saturated carbocycles. The zero-order valence-corrected chi connectivity index (χ0v) is 11.5. The topological polar surface area (TPSA) is 63.4 Å². The van der Waals surface area contributed by atoms with Gasteiger partial charge in [-0.3, -0.25) is 0 Å². The van der Waals surface area contributed by atoms with Crippen molar-refractivity contribution in [2.75, 3.05) is 6.54 Å². The predicted octanol–water partition coefficient (Wildman–Crippen LogP) is 1.46. The highest BCUT2D eigenvalue weighted by atomic mass is 32.2. The van der Waals surface area contributed by atoms with E-state index in [1.165, 1.54) is 0 Å². The molecular weight excluding hydrogens is 236 g/mol. The number of sulfonamides is 1. The highest BCUT2D eigenvalue weighted by Crippen LogP contribution is 2.34. The lowest BCUT2D eigenvalue weighted by Crippen LogP contribution is -2.45. The first-order valence-electron chi connectivity index (χ1n) is 6.82. The molecule has 5 heteroatoms. The molecule has 4 nitrogen and oxygen atoms in total. The van der Waals surface area contributed by atoms with Gasteiger partial charge < -0.3 is 5.73 Å². The molecule has 2 rings (SSSR count). The molecule has 0 heterocycles. The van der Waals surface area contributed by atoms with Crippen molar-refractivity contribution < 1.29 is 8.42 Å². The monoisotopic (exact) mass is 260 g/mol. The third-order valence-electron chi connectivity index (χ3n) is 3.87. The molecule has 0 aromatic rings. The molecule has 0 unspecified atom stereocenters.